The van der Waals surface area contributed by atoms with Gasteiger partial charge in [0.25, 0.3) is 0 Å². The standard InChI is InChI=1S/C13H19NO/c1-10(2)15-12-6-4-11(5-7-12)13(14-3)8-9-13/h4-7,10,14H,8-9H2,1-3H3. The molecule has 2 rings (SSSR count). The van der Waals surface area contributed by atoms with Crippen LogP contribution in [0.3, 0.4) is 0 Å². The maximum atomic E-state index is 5.62. The molecule has 1 aliphatic carbocycles. The van der Waals surface area contributed by atoms with Gasteiger partial charge in [-0.15, -0.1) is 0 Å². The minimum absolute atomic E-state index is 0.245. The summed E-state index contributed by atoms with van der Waals surface area (Å²) >= 11 is 0. The summed E-state index contributed by atoms with van der Waals surface area (Å²) in [6.07, 6.45) is 2.73. The molecule has 1 aromatic carbocycles. The van der Waals surface area contributed by atoms with Crippen LogP contribution in [0.2, 0.25) is 0 Å². The van der Waals surface area contributed by atoms with Gasteiger partial charge in [-0.1, -0.05) is 12.1 Å². The Balaban J connectivity index is 2.10. The lowest BCUT2D eigenvalue weighted by Crippen LogP contribution is -2.24. The normalized spacial score (nSPS) is 17.9. The van der Waals surface area contributed by atoms with Crippen molar-refractivity contribution < 1.29 is 4.74 Å². The minimum atomic E-state index is 0.245. The third kappa shape index (κ3) is 2.15. The molecule has 0 spiro atoms. The molecule has 2 nitrogen and oxygen atoms in total. The topological polar surface area (TPSA) is 21.3 Å². The second kappa shape index (κ2) is 3.86. The highest BCUT2D eigenvalue weighted by Crippen LogP contribution is 2.45. The number of nitrogens with one attached hydrogen (secondary N) is 1. The zero-order valence-corrected chi connectivity index (χ0v) is 9.71. The molecular formula is C13H19NO. The third-order valence-corrected chi connectivity index (χ3v) is 3.01. The molecule has 1 aliphatic rings. The molecule has 0 amide bonds. The fourth-order valence-corrected chi connectivity index (χ4v) is 1.93. The maximum absolute atomic E-state index is 5.62. The summed E-state index contributed by atoms with van der Waals surface area (Å²) in [7, 11) is 2.03. The van der Waals surface area contributed by atoms with Crippen LogP contribution in [0, 0.1) is 0 Å². The van der Waals surface area contributed by atoms with Crippen LogP contribution in [0.1, 0.15) is 32.3 Å². The molecule has 15 heavy (non-hydrogen) atoms. The summed E-state index contributed by atoms with van der Waals surface area (Å²) < 4.78 is 5.62. The van der Waals surface area contributed by atoms with Gasteiger partial charge in [0.15, 0.2) is 0 Å². The van der Waals surface area contributed by atoms with E-state index in [1.807, 2.05) is 20.9 Å². The van der Waals surface area contributed by atoms with Crippen molar-refractivity contribution in [3.63, 3.8) is 0 Å². The fourth-order valence-electron chi connectivity index (χ4n) is 1.93. The van der Waals surface area contributed by atoms with Crippen molar-refractivity contribution >= 4 is 0 Å². The Kier molecular flexibility index (Phi) is 2.70. The lowest BCUT2D eigenvalue weighted by Gasteiger charge is -2.16. The number of hydrogen-bond donors (Lipinski definition) is 1. The van der Waals surface area contributed by atoms with Crippen LogP contribution >= 0.6 is 0 Å². The predicted molar refractivity (Wildman–Crippen MR) is 62.2 cm³/mol. The van der Waals surface area contributed by atoms with E-state index in [-0.39, 0.29) is 11.6 Å². The number of benzene rings is 1. The maximum Gasteiger partial charge on any atom is 0.119 e. The zero-order chi connectivity index (χ0) is 10.9. The van der Waals surface area contributed by atoms with E-state index in [0.717, 1.165) is 5.75 Å². The third-order valence-electron chi connectivity index (χ3n) is 3.01. The lowest BCUT2D eigenvalue weighted by atomic mass is 10.1. The summed E-state index contributed by atoms with van der Waals surface area (Å²) in [6.45, 7) is 4.09. The van der Waals surface area contributed by atoms with Crippen molar-refractivity contribution in [2.75, 3.05) is 7.05 Å². The summed E-state index contributed by atoms with van der Waals surface area (Å²) in [5.41, 5.74) is 1.64. The first kappa shape index (κ1) is 10.5. The Morgan fingerprint density at radius 2 is 1.80 bits per heavy atom. The largest absolute Gasteiger partial charge is 0.491 e. The lowest BCUT2D eigenvalue weighted by molar-refractivity contribution is 0.242. The molecule has 0 bridgehead atoms. The van der Waals surface area contributed by atoms with Gasteiger partial charge in [0.2, 0.25) is 0 Å². The molecule has 0 atom stereocenters. The number of rotatable bonds is 4. The molecule has 1 aromatic rings. The Bertz CT molecular complexity index is 325. The minimum Gasteiger partial charge on any atom is -0.491 e. The molecule has 0 heterocycles. The quantitative estimate of drug-likeness (QED) is 0.816. The molecule has 1 fully saturated rings. The van der Waals surface area contributed by atoms with E-state index in [0.29, 0.717) is 0 Å². The van der Waals surface area contributed by atoms with Crippen molar-refractivity contribution in [2.45, 2.75) is 38.3 Å². The average molecular weight is 205 g/mol. The smallest absolute Gasteiger partial charge is 0.119 e. The second-order valence-corrected chi connectivity index (χ2v) is 4.52. The van der Waals surface area contributed by atoms with Crippen molar-refractivity contribution in [3.8, 4) is 5.75 Å². The summed E-state index contributed by atoms with van der Waals surface area (Å²) in [5.74, 6) is 0.959. The highest BCUT2D eigenvalue weighted by molar-refractivity contribution is 5.35. The second-order valence-electron chi connectivity index (χ2n) is 4.52. The van der Waals surface area contributed by atoms with Crippen LogP contribution < -0.4 is 10.1 Å². The van der Waals surface area contributed by atoms with Crippen molar-refractivity contribution in [2.24, 2.45) is 0 Å². The molecule has 0 unspecified atom stereocenters. The van der Waals surface area contributed by atoms with Crippen LogP contribution in [0.15, 0.2) is 24.3 Å². The number of ether oxygens (including phenoxy) is 1. The van der Waals surface area contributed by atoms with Gasteiger partial charge in [-0.2, -0.15) is 0 Å². The SMILES string of the molecule is CNC1(c2ccc(OC(C)C)cc2)CC1. The molecule has 0 aromatic heterocycles. The first-order chi connectivity index (χ1) is 7.16. The molecule has 0 radical (unpaired) electrons. The number of hydrogen-bond acceptors (Lipinski definition) is 2. The van der Waals surface area contributed by atoms with Gasteiger partial charge in [-0.05, 0) is 51.4 Å². The molecule has 1 saturated carbocycles. The Morgan fingerprint density at radius 1 is 1.20 bits per heavy atom. The van der Waals surface area contributed by atoms with E-state index in [2.05, 4.69) is 29.6 Å². The average Bonchev–Trinajstić information content (AvgIpc) is 2.99. The highest BCUT2D eigenvalue weighted by atomic mass is 16.5. The Morgan fingerprint density at radius 3 is 2.20 bits per heavy atom. The van der Waals surface area contributed by atoms with Crippen LogP contribution in [0.4, 0.5) is 0 Å². The van der Waals surface area contributed by atoms with E-state index in [1.165, 1.54) is 18.4 Å². The highest BCUT2D eigenvalue weighted by Gasteiger charge is 2.42. The molecule has 2 heteroatoms. The van der Waals surface area contributed by atoms with Gasteiger partial charge in [0.05, 0.1) is 6.10 Å². The van der Waals surface area contributed by atoms with E-state index in [9.17, 15) is 0 Å². The van der Waals surface area contributed by atoms with Crippen molar-refractivity contribution in [1.82, 2.24) is 5.32 Å². The van der Waals surface area contributed by atoms with E-state index in [4.69, 9.17) is 4.74 Å². The van der Waals surface area contributed by atoms with Crippen LogP contribution in [0.5, 0.6) is 5.75 Å². The van der Waals surface area contributed by atoms with E-state index < -0.39 is 0 Å². The Labute approximate surface area is 91.6 Å². The van der Waals surface area contributed by atoms with Gasteiger partial charge in [0.1, 0.15) is 5.75 Å². The van der Waals surface area contributed by atoms with E-state index in [1.54, 1.807) is 0 Å². The van der Waals surface area contributed by atoms with Crippen LogP contribution in [-0.2, 0) is 5.54 Å². The van der Waals surface area contributed by atoms with Gasteiger partial charge < -0.3 is 10.1 Å². The van der Waals surface area contributed by atoms with Gasteiger partial charge in [-0.25, -0.2) is 0 Å². The molecular weight excluding hydrogens is 186 g/mol. The Hall–Kier alpha value is -1.02. The molecule has 82 valence electrons. The molecule has 0 saturated heterocycles. The first-order valence-electron chi connectivity index (χ1n) is 5.62. The van der Waals surface area contributed by atoms with Crippen LogP contribution in [0.25, 0.3) is 0 Å². The predicted octanol–water partition coefficient (Wildman–Crippen LogP) is 2.68. The van der Waals surface area contributed by atoms with Gasteiger partial charge in [-0.3, -0.25) is 0 Å². The molecule has 1 N–H and O–H groups in total. The van der Waals surface area contributed by atoms with Crippen molar-refractivity contribution in [3.05, 3.63) is 29.8 Å². The van der Waals surface area contributed by atoms with Gasteiger partial charge in [0, 0.05) is 5.54 Å². The van der Waals surface area contributed by atoms with Crippen molar-refractivity contribution in [1.29, 1.82) is 0 Å². The summed E-state index contributed by atoms with van der Waals surface area (Å²) in [5, 5.41) is 3.39. The van der Waals surface area contributed by atoms with Gasteiger partial charge >= 0.3 is 0 Å². The van der Waals surface area contributed by atoms with Crippen LogP contribution in [-0.4, -0.2) is 13.2 Å². The zero-order valence-electron chi connectivity index (χ0n) is 9.71. The first-order valence-corrected chi connectivity index (χ1v) is 5.62. The molecule has 0 aliphatic heterocycles. The summed E-state index contributed by atoms with van der Waals surface area (Å²) in [6, 6.07) is 8.46. The van der Waals surface area contributed by atoms with E-state index >= 15 is 0 Å². The monoisotopic (exact) mass is 205 g/mol. The summed E-state index contributed by atoms with van der Waals surface area (Å²) in [4.78, 5) is 0. The fraction of sp³-hybridized carbons (Fsp3) is 0.538.